The molecule has 0 atom stereocenters. The van der Waals surface area contributed by atoms with Crippen LogP contribution in [0.1, 0.15) is 17.7 Å². The summed E-state index contributed by atoms with van der Waals surface area (Å²) in [5.41, 5.74) is 0.999. The number of carbonyl (C=O) groups excluding carboxylic acids is 1. The molecular weight excluding hydrogens is 216 g/mol. The van der Waals surface area contributed by atoms with Crippen molar-refractivity contribution in [2.75, 3.05) is 0 Å². The highest BCUT2D eigenvalue weighted by Gasteiger charge is 2.05. The molecule has 0 fully saturated rings. The number of furan rings is 1. The number of rotatable bonds is 5. The molecule has 0 saturated carbocycles. The quantitative estimate of drug-likeness (QED) is 0.741. The average Bonchev–Trinajstić information content (AvgIpc) is 2.88. The Hall–Kier alpha value is -2.03. The molecule has 0 saturated heterocycles. The molecule has 1 aromatic heterocycles. The molecule has 2 rings (SSSR count). The van der Waals surface area contributed by atoms with E-state index in [0.29, 0.717) is 19.4 Å². The number of hydrogen-bond acceptors (Lipinski definition) is 3. The molecule has 17 heavy (non-hydrogen) atoms. The molecule has 0 aliphatic carbocycles. The Labute approximate surface area is 100 Å². The molecule has 0 bridgehead atoms. The van der Waals surface area contributed by atoms with Gasteiger partial charge in [-0.15, -0.1) is 0 Å². The minimum absolute atomic E-state index is 0.203. The zero-order valence-electron chi connectivity index (χ0n) is 9.46. The first kappa shape index (κ1) is 11.5. The third-order valence-electron chi connectivity index (χ3n) is 2.40. The van der Waals surface area contributed by atoms with E-state index in [2.05, 4.69) is 0 Å². The Morgan fingerprint density at radius 2 is 1.94 bits per heavy atom. The van der Waals surface area contributed by atoms with Crippen molar-refractivity contribution in [3.05, 3.63) is 60.1 Å². The van der Waals surface area contributed by atoms with Gasteiger partial charge in [-0.05, 0) is 17.7 Å². The van der Waals surface area contributed by atoms with Crippen molar-refractivity contribution in [3.8, 4) is 0 Å². The predicted molar refractivity (Wildman–Crippen MR) is 63.3 cm³/mol. The number of benzene rings is 1. The summed E-state index contributed by atoms with van der Waals surface area (Å²) in [6, 6.07) is 13.3. The number of esters is 1. The van der Waals surface area contributed by atoms with E-state index in [-0.39, 0.29) is 5.97 Å². The van der Waals surface area contributed by atoms with E-state index in [1.165, 1.54) is 0 Å². The molecule has 3 nitrogen and oxygen atoms in total. The molecule has 0 N–H and O–H groups in total. The summed E-state index contributed by atoms with van der Waals surface area (Å²) < 4.78 is 10.3. The summed E-state index contributed by atoms with van der Waals surface area (Å²) >= 11 is 0. The monoisotopic (exact) mass is 230 g/mol. The maximum Gasteiger partial charge on any atom is 0.306 e. The van der Waals surface area contributed by atoms with Crippen LogP contribution in [0.2, 0.25) is 0 Å². The SMILES string of the molecule is O=C(CCc1ccco1)OCc1ccccc1. The molecule has 0 radical (unpaired) electrons. The molecule has 3 heteroatoms. The second-order valence-electron chi connectivity index (χ2n) is 3.73. The van der Waals surface area contributed by atoms with Crippen LogP contribution in [0.3, 0.4) is 0 Å². The van der Waals surface area contributed by atoms with Crippen LogP contribution in [-0.2, 0) is 22.6 Å². The lowest BCUT2D eigenvalue weighted by molar-refractivity contribution is -0.145. The van der Waals surface area contributed by atoms with E-state index in [4.69, 9.17) is 9.15 Å². The Kier molecular flexibility index (Phi) is 3.97. The lowest BCUT2D eigenvalue weighted by Gasteiger charge is -2.03. The minimum atomic E-state index is -0.203. The maximum absolute atomic E-state index is 11.4. The number of ether oxygens (including phenoxy) is 1. The molecule has 0 unspecified atom stereocenters. The van der Waals surface area contributed by atoms with Gasteiger partial charge < -0.3 is 9.15 Å². The largest absolute Gasteiger partial charge is 0.469 e. The fourth-order valence-electron chi connectivity index (χ4n) is 1.49. The summed E-state index contributed by atoms with van der Waals surface area (Å²) in [5, 5.41) is 0. The van der Waals surface area contributed by atoms with Crippen LogP contribution in [0.25, 0.3) is 0 Å². The Bertz CT molecular complexity index is 446. The molecule has 0 spiro atoms. The highest BCUT2D eigenvalue weighted by Crippen LogP contribution is 2.06. The standard InChI is InChI=1S/C14H14O3/c15-14(9-8-13-7-4-10-16-13)17-11-12-5-2-1-3-6-12/h1-7,10H,8-9,11H2. The Balaban J connectivity index is 1.71. The van der Waals surface area contributed by atoms with Gasteiger partial charge in [-0.3, -0.25) is 4.79 Å². The van der Waals surface area contributed by atoms with Gasteiger partial charge in [-0.25, -0.2) is 0 Å². The van der Waals surface area contributed by atoms with E-state index >= 15 is 0 Å². The van der Waals surface area contributed by atoms with E-state index in [0.717, 1.165) is 11.3 Å². The smallest absolute Gasteiger partial charge is 0.306 e. The molecule has 0 aliphatic rings. The van der Waals surface area contributed by atoms with E-state index in [1.54, 1.807) is 6.26 Å². The van der Waals surface area contributed by atoms with Crippen molar-refractivity contribution in [1.82, 2.24) is 0 Å². The summed E-state index contributed by atoms with van der Waals surface area (Å²) in [6.07, 6.45) is 2.53. The lowest BCUT2D eigenvalue weighted by atomic mass is 10.2. The molecule has 88 valence electrons. The topological polar surface area (TPSA) is 39.4 Å². The normalized spacial score (nSPS) is 10.1. The predicted octanol–water partition coefficient (Wildman–Crippen LogP) is 2.96. The second kappa shape index (κ2) is 5.89. The minimum Gasteiger partial charge on any atom is -0.469 e. The van der Waals surface area contributed by atoms with Gasteiger partial charge in [0.05, 0.1) is 12.7 Å². The van der Waals surface area contributed by atoms with Crippen LogP contribution in [0.15, 0.2) is 53.1 Å². The van der Waals surface area contributed by atoms with Gasteiger partial charge in [0.1, 0.15) is 12.4 Å². The summed E-state index contributed by atoms with van der Waals surface area (Å²) in [4.78, 5) is 11.4. The van der Waals surface area contributed by atoms with Crippen molar-refractivity contribution in [2.24, 2.45) is 0 Å². The third kappa shape index (κ3) is 3.79. The third-order valence-corrected chi connectivity index (χ3v) is 2.40. The van der Waals surface area contributed by atoms with Crippen molar-refractivity contribution < 1.29 is 13.9 Å². The first-order chi connectivity index (χ1) is 8.34. The van der Waals surface area contributed by atoms with Crippen molar-refractivity contribution in [3.63, 3.8) is 0 Å². The fourth-order valence-corrected chi connectivity index (χ4v) is 1.49. The first-order valence-corrected chi connectivity index (χ1v) is 5.56. The zero-order valence-corrected chi connectivity index (χ0v) is 9.46. The highest BCUT2D eigenvalue weighted by atomic mass is 16.5. The molecule has 0 aliphatic heterocycles. The van der Waals surface area contributed by atoms with Crippen LogP contribution in [0.5, 0.6) is 0 Å². The summed E-state index contributed by atoms with van der Waals surface area (Å²) in [5.74, 6) is 0.604. The van der Waals surface area contributed by atoms with Crippen LogP contribution < -0.4 is 0 Å². The zero-order chi connectivity index (χ0) is 11.9. The summed E-state index contributed by atoms with van der Waals surface area (Å²) in [6.45, 7) is 0.331. The first-order valence-electron chi connectivity index (χ1n) is 5.56. The van der Waals surface area contributed by atoms with Crippen molar-refractivity contribution >= 4 is 5.97 Å². The molecule has 2 aromatic rings. The molecule has 1 aromatic carbocycles. The van der Waals surface area contributed by atoms with Gasteiger partial charge in [-0.1, -0.05) is 30.3 Å². The Morgan fingerprint density at radius 3 is 2.65 bits per heavy atom. The molecule has 1 heterocycles. The second-order valence-corrected chi connectivity index (χ2v) is 3.73. The highest BCUT2D eigenvalue weighted by molar-refractivity contribution is 5.69. The lowest BCUT2D eigenvalue weighted by Crippen LogP contribution is -2.05. The maximum atomic E-state index is 11.4. The van der Waals surface area contributed by atoms with Crippen molar-refractivity contribution in [2.45, 2.75) is 19.4 Å². The number of aryl methyl sites for hydroxylation is 1. The van der Waals surface area contributed by atoms with Gasteiger partial charge in [0.2, 0.25) is 0 Å². The van der Waals surface area contributed by atoms with Crippen LogP contribution in [0, 0.1) is 0 Å². The van der Waals surface area contributed by atoms with E-state index < -0.39 is 0 Å². The number of carbonyl (C=O) groups is 1. The van der Waals surface area contributed by atoms with Gasteiger partial charge in [0, 0.05) is 6.42 Å². The molecular formula is C14H14O3. The Morgan fingerprint density at radius 1 is 1.12 bits per heavy atom. The van der Waals surface area contributed by atoms with Crippen LogP contribution in [-0.4, -0.2) is 5.97 Å². The summed E-state index contributed by atoms with van der Waals surface area (Å²) in [7, 11) is 0. The average molecular weight is 230 g/mol. The van der Waals surface area contributed by atoms with E-state index in [9.17, 15) is 4.79 Å². The number of hydrogen-bond donors (Lipinski definition) is 0. The van der Waals surface area contributed by atoms with E-state index in [1.807, 2.05) is 42.5 Å². The van der Waals surface area contributed by atoms with Gasteiger partial charge in [0.25, 0.3) is 0 Å². The van der Waals surface area contributed by atoms with Gasteiger partial charge in [-0.2, -0.15) is 0 Å². The molecule has 0 amide bonds. The fraction of sp³-hybridized carbons (Fsp3) is 0.214. The van der Waals surface area contributed by atoms with Gasteiger partial charge in [0.15, 0.2) is 0 Å². The van der Waals surface area contributed by atoms with Crippen LogP contribution in [0.4, 0.5) is 0 Å². The van der Waals surface area contributed by atoms with Gasteiger partial charge >= 0.3 is 5.97 Å². The van der Waals surface area contributed by atoms with Crippen molar-refractivity contribution in [1.29, 1.82) is 0 Å². The van der Waals surface area contributed by atoms with Crippen LogP contribution >= 0.6 is 0 Å².